The molecule has 1 rings (SSSR count). The van der Waals surface area contributed by atoms with E-state index in [1.165, 1.54) is 0 Å². The molecule has 4 heteroatoms. The van der Waals surface area contributed by atoms with Crippen molar-refractivity contribution in [3.05, 3.63) is 0 Å². The molecule has 11 heavy (non-hydrogen) atoms. The summed E-state index contributed by atoms with van der Waals surface area (Å²) in [5, 5.41) is 11.8. The standard InChI is InChI=1S/C7H15NO2S/c9-2-4-11-6-7-5-8-1-3-10-7/h7-9H,1-6H2. The van der Waals surface area contributed by atoms with Crippen LogP contribution in [0.4, 0.5) is 0 Å². The Hall–Kier alpha value is 0.230. The summed E-state index contributed by atoms with van der Waals surface area (Å²) in [5.74, 6) is 1.81. The van der Waals surface area contributed by atoms with Crippen LogP contribution in [-0.2, 0) is 4.74 Å². The molecular formula is C7H15NO2S. The number of aliphatic hydroxyl groups excluding tert-OH is 1. The molecule has 0 saturated carbocycles. The molecule has 0 amide bonds. The van der Waals surface area contributed by atoms with Crippen LogP contribution in [0.5, 0.6) is 0 Å². The molecule has 1 aliphatic heterocycles. The lowest BCUT2D eigenvalue weighted by Gasteiger charge is -2.22. The normalized spacial score (nSPS) is 25.4. The van der Waals surface area contributed by atoms with Crippen LogP contribution >= 0.6 is 11.8 Å². The fourth-order valence-corrected chi connectivity index (χ4v) is 1.78. The summed E-state index contributed by atoms with van der Waals surface area (Å²) in [5.41, 5.74) is 0. The molecule has 1 aliphatic rings. The van der Waals surface area contributed by atoms with E-state index < -0.39 is 0 Å². The van der Waals surface area contributed by atoms with Gasteiger partial charge in [-0.25, -0.2) is 0 Å². The second-order valence-corrected chi connectivity index (χ2v) is 3.65. The first-order valence-electron chi connectivity index (χ1n) is 3.94. The Balaban J connectivity index is 1.96. The van der Waals surface area contributed by atoms with Crippen molar-refractivity contribution in [2.45, 2.75) is 6.10 Å². The van der Waals surface area contributed by atoms with Crippen LogP contribution in [0, 0.1) is 0 Å². The molecule has 0 bridgehead atoms. The van der Waals surface area contributed by atoms with Crippen molar-refractivity contribution in [1.29, 1.82) is 0 Å². The maximum atomic E-state index is 8.52. The number of morpholine rings is 1. The minimum atomic E-state index is 0.269. The number of nitrogens with one attached hydrogen (secondary N) is 1. The molecule has 66 valence electrons. The molecule has 0 aromatic rings. The Labute approximate surface area is 71.5 Å². The van der Waals surface area contributed by atoms with Crippen molar-refractivity contribution in [2.24, 2.45) is 0 Å². The van der Waals surface area contributed by atoms with E-state index in [-0.39, 0.29) is 6.61 Å². The maximum Gasteiger partial charge on any atom is 0.0790 e. The second-order valence-electron chi connectivity index (χ2n) is 2.50. The second kappa shape index (κ2) is 5.83. The molecule has 2 N–H and O–H groups in total. The molecule has 0 aromatic heterocycles. The van der Waals surface area contributed by atoms with E-state index in [1.807, 2.05) is 0 Å². The summed E-state index contributed by atoms with van der Waals surface area (Å²) in [6, 6.07) is 0. The minimum absolute atomic E-state index is 0.269. The first-order chi connectivity index (χ1) is 5.43. The molecule has 3 nitrogen and oxygen atoms in total. The predicted octanol–water partition coefficient (Wildman–Crippen LogP) is -0.300. The molecular weight excluding hydrogens is 162 g/mol. The van der Waals surface area contributed by atoms with Crippen LogP contribution < -0.4 is 5.32 Å². The van der Waals surface area contributed by atoms with E-state index in [4.69, 9.17) is 9.84 Å². The van der Waals surface area contributed by atoms with Gasteiger partial charge in [-0.15, -0.1) is 0 Å². The maximum absolute atomic E-state index is 8.52. The Morgan fingerprint density at radius 3 is 3.18 bits per heavy atom. The lowest BCUT2D eigenvalue weighted by atomic mass is 10.3. The van der Waals surface area contributed by atoms with Gasteiger partial charge in [0.2, 0.25) is 0 Å². The molecule has 1 fully saturated rings. The van der Waals surface area contributed by atoms with E-state index in [1.54, 1.807) is 11.8 Å². The lowest BCUT2D eigenvalue weighted by Crippen LogP contribution is -2.39. The molecule has 1 saturated heterocycles. The number of aliphatic hydroxyl groups is 1. The topological polar surface area (TPSA) is 41.5 Å². The Bertz CT molecular complexity index is 96.4. The van der Waals surface area contributed by atoms with Crippen LogP contribution in [-0.4, -0.2) is 49.0 Å². The van der Waals surface area contributed by atoms with Gasteiger partial charge in [0.1, 0.15) is 0 Å². The highest BCUT2D eigenvalue weighted by Crippen LogP contribution is 2.06. The Kier molecular flexibility index (Phi) is 4.94. The fourth-order valence-electron chi connectivity index (χ4n) is 1.01. The highest BCUT2D eigenvalue weighted by atomic mass is 32.2. The smallest absolute Gasteiger partial charge is 0.0790 e. The number of hydrogen-bond donors (Lipinski definition) is 2. The van der Waals surface area contributed by atoms with Crippen LogP contribution in [0.2, 0.25) is 0 Å². The van der Waals surface area contributed by atoms with Gasteiger partial charge in [-0.3, -0.25) is 0 Å². The number of ether oxygens (including phenoxy) is 1. The van der Waals surface area contributed by atoms with E-state index in [0.29, 0.717) is 6.10 Å². The van der Waals surface area contributed by atoms with Crippen LogP contribution in [0.3, 0.4) is 0 Å². The van der Waals surface area contributed by atoms with Crippen LogP contribution in [0.1, 0.15) is 0 Å². The molecule has 0 aliphatic carbocycles. The largest absolute Gasteiger partial charge is 0.396 e. The van der Waals surface area contributed by atoms with E-state index in [2.05, 4.69) is 5.32 Å². The van der Waals surface area contributed by atoms with Crippen molar-refractivity contribution in [2.75, 3.05) is 37.8 Å². The zero-order chi connectivity index (χ0) is 7.94. The fraction of sp³-hybridized carbons (Fsp3) is 1.00. The van der Waals surface area contributed by atoms with Gasteiger partial charge in [0.25, 0.3) is 0 Å². The average Bonchev–Trinajstić information content (AvgIpc) is 2.07. The van der Waals surface area contributed by atoms with Crippen molar-refractivity contribution in [1.82, 2.24) is 5.32 Å². The summed E-state index contributed by atoms with van der Waals surface area (Å²) < 4.78 is 5.46. The highest BCUT2D eigenvalue weighted by molar-refractivity contribution is 7.99. The third-order valence-corrected chi connectivity index (χ3v) is 2.62. The molecule has 1 atom stereocenters. The van der Waals surface area contributed by atoms with Gasteiger partial charge < -0.3 is 15.2 Å². The lowest BCUT2D eigenvalue weighted by molar-refractivity contribution is 0.0440. The predicted molar refractivity (Wildman–Crippen MR) is 47.0 cm³/mol. The summed E-state index contributed by atoms with van der Waals surface area (Å²) in [6.45, 7) is 3.02. The monoisotopic (exact) mass is 177 g/mol. The molecule has 0 aromatic carbocycles. The van der Waals surface area contributed by atoms with E-state index in [0.717, 1.165) is 31.2 Å². The van der Waals surface area contributed by atoms with Gasteiger partial charge >= 0.3 is 0 Å². The quantitative estimate of drug-likeness (QED) is 0.579. The summed E-state index contributed by atoms with van der Waals surface area (Å²) in [7, 11) is 0. The summed E-state index contributed by atoms with van der Waals surface area (Å²) in [4.78, 5) is 0. The van der Waals surface area contributed by atoms with Gasteiger partial charge in [0.15, 0.2) is 0 Å². The van der Waals surface area contributed by atoms with Gasteiger partial charge in [-0.2, -0.15) is 11.8 Å². The molecule has 0 spiro atoms. The third kappa shape index (κ3) is 3.96. The number of thioether (sulfide) groups is 1. The van der Waals surface area contributed by atoms with Gasteiger partial charge in [-0.05, 0) is 0 Å². The van der Waals surface area contributed by atoms with Crippen LogP contribution in [0.15, 0.2) is 0 Å². The van der Waals surface area contributed by atoms with Gasteiger partial charge in [0, 0.05) is 24.6 Å². The third-order valence-electron chi connectivity index (χ3n) is 1.54. The van der Waals surface area contributed by atoms with E-state index >= 15 is 0 Å². The van der Waals surface area contributed by atoms with Crippen molar-refractivity contribution in [3.8, 4) is 0 Å². The SMILES string of the molecule is OCCSCC1CNCCO1. The van der Waals surface area contributed by atoms with E-state index in [9.17, 15) is 0 Å². The average molecular weight is 177 g/mol. The number of rotatable bonds is 4. The first-order valence-corrected chi connectivity index (χ1v) is 5.10. The minimum Gasteiger partial charge on any atom is -0.396 e. The van der Waals surface area contributed by atoms with Crippen molar-refractivity contribution in [3.63, 3.8) is 0 Å². The summed E-state index contributed by atoms with van der Waals surface area (Å²) in [6.07, 6.45) is 0.347. The Morgan fingerprint density at radius 2 is 2.55 bits per heavy atom. The Morgan fingerprint density at radius 1 is 1.64 bits per heavy atom. The van der Waals surface area contributed by atoms with Gasteiger partial charge in [0.05, 0.1) is 19.3 Å². The zero-order valence-electron chi connectivity index (χ0n) is 6.58. The highest BCUT2D eigenvalue weighted by Gasteiger charge is 2.12. The molecule has 0 radical (unpaired) electrons. The molecule has 1 unspecified atom stereocenters. The first kappa shape index (κ1) is 9.32. The number of hydrogen-bond acceptors (Lipinski definition) is 4. The zero-order valence-corrected chi connectivity index (χ0v) is 7.40. The van der Waals surface area contributed by atoms with Crippen molar-refractivity contribution >= 4 is 11.8 Å². The summed E-state index contributed by atoms with van der Waals surface area (Å²) >= 11 is 1.74. The van der Waals surface area contributed by atoms with Gasteiger partial charge in [-0.1, -0.05) is 0 Å². The van der Waals surface area contributed by atoms with Crippen molar-refractivity contribution < 1.29 is 9.84 Å². The molecule has 1 heterocycles. The van der Waals surface area contributed by atoms with Crippen LogP contribution in [0.25, 0.3) is 0 Å².